The summed E-state index contributed by atoms with van der Waals surface area (Å²) in [7, 11) is 0. The number of nitrogens with one attached hydrogen (secondary N) is 1. The molecule has 2 aliphatic rings. The van der Waals surface area contributed by atoms with Crippen LogP contribution in [0.4, 0.5) is 9.18 Å². The molecule has 2 N–H and O–H groups in total. The second kappa shape index (κ2) is 5.75. The summed E-state index contributed by atoms with van der Waals surface area (Å²) in [6.07, 6.45) is 3.04. The highest BCUT2D eigenvalue weighted by atomic mass is 19.1. The Morgan fingerprint density at radius 1 is 1.36 bits per heavy atom. The Labute approximate surface area is 126 Å². The van der Waals surface area contributed by atoms with Gasteiger partial charge in [-0.25, -0.2) is 9.78 Å². The maximum Gasteiger partial charge on any atom is 0.407 e. The fourth-order valence-electron chi connectivity index (χ4n) is 2.37. The molecule has 0 spiro atoms. The van der Waals surface area contributed by atoms with Gasteiger partial charge in [0.2, 0.25) is 5.95 Å². The minimum Gasteiger partial charge on any atom is -0.465 e. The van der Waals surface area contributed by atoms with Gasteiger partial charge in [0, 0.05) is 24.7 Å². The second-order valence-corrected chi connectivity index (χ2v) is 5.49. The first kappa shape index (κ1) is 14.5. The molecule has 0 aromatic carbocycles. The maximum atomic E-state index is 14.1. The third-order valence-corrected chi connectivity index (χ3v) is 3.82. The van der Waals surface area contributed by atoms with E-state index in [1.807, 2.05) is 0 Å². The van der Waals surface area contributed by atoms with E-state index in [9.17, 15) is 14.0 Å². The first-order chi connectivity index (χ1) is 10.5. The van der Waals surface area contributed by atoms with Crippen LogP contribution >= 0.6 is 0 Å². The fraction of sp³-hybridized carbons (Fsp3) is 0.400. The van der Waals surface area contributed by atoms with E-state index < -0.39 is 12.0 Å². The van der Waals surface area contributed by atoms with Gasteiger partial charge in [-0.15, -0.1) is 0 Å². The highest BCUT2D eigenvalue weighted by Gasteiger charge is 2.25. The van der Waals surface area contributed by atoms with Gasteiger partial charge >= 0.3 is 6.09 Å². The highest BCUT2D eigenvalue weighted by molar-refractivity contribution is 5.92. The van der Waals surface area contributed by atoms with E-state index in [4.69, 9.17) is 5.11 Å². The number of carbonyl (C=O) groups is 2. The number of nitrogens with zero attached hydrogens (tertiary/aromatic N) is 2. The van der Waals surface area contributed by atoms with Crippen LogP contribution in [0.5, 0.6) is 0 Å². The van der Waals surface area contributed by atoms with Crippen molar-refractivity contribution in [2.24, 2.45) is 0 Å². The van der Waals surface area contributed by atoms with Crippen LogP contribution in [0, 0.1) is 5.95 Å². The van der Waals surface area contributed by atoms with E-state index in [0.717, 1.165) is 18.4 Å². The van der Waals surface area contributed by atoms with E-state index in [0.29, 0.717) is 18.5 Å². The molecule has 6 nitrogen and oxygen atoms in total. The number of amides is 2. The molecule has 0 unspecified atom stereocenters. The first-order valence-electron chi connectivity index (χ1n) is 7.19. The number of aromatic nitrogens is 1. The van der Waals surface area contributed by atoms with Crippen LogP contribution in [0.15, 0.2) is 18.2 Å². The minimum absolute atomic E-state index is 0.0664. The van der Waals surface area contributed by atoms with Crippen LogP contribution in [0.1, 0.15) is 35.3 Å². The lowest BCUT2D eigenvalue weighted by atomic mass is 10.0. The largest absolute Gasteiger partial charge is 0.465 e. The summed E-state index contributed by atoms with van der Waals surface area (Å²) in [5, 5.41) is 11.6. The van der Waals surface area contributed by atoms with E-state index in [1.165, 1.54) is 17.0 Å². The van der Waals surface area contributed by atoms with Crippen molar-refractivity contribution in [2.75, 3.05) is 13.1 Å². The summed E-state index contributed by atoms with van der Waals surface area (Å²) in [6.45, 7) is 0.554. The smallest absolute Gasteiger partial charge is 0.407 e. The number of pyridine rings is 1. The second-order valence-electron chi connectivity index (χ2n) is 5.49. The van der Waals surface area contributed by atoms with Crippen LogP contribution in [-0.4, -0.2) is 46.1 Å². The number of hydrogen-bond acceptors (Lipinski definition) is 3. The zero-order valence-electron chi connectivity index (χ0n) is 11.9. The van der Waals surface area contributed by atoms with Gasteiger partial charge in [0.25, 0.3) is 5.91 Å². The van der Waals surface area contributed by atoms with E-state index in [-0.39, 0.29) is 24.2 Å². The van der Waals surface area contributed by atoms with Crippen LogP contribution in [0.25, 0.3) is 5.57 Å². The average Bonchev–Trinajstić information content (AvgIpc) is 3.31. The third kappa shape index (κ3) is 3.08. The molecule has 1 aliphatic heterocycles. The Hall–Kier alpha value is -2.44. The summed E-state index contributed by atoms with van der Waals surface area (Å²) in [4.78, 5) is 27.7. The molecule has 0 atom stereocenters. The van der Waals surface area contributed by atoms with Gasteiger partial charge in [-0.2, -0.15) is 4.39 Å². The van der Waals surface area contributed by atoms with Crippen molar-refractivity contribution in [3.8, 4) is 0 Å². The van der Waals surface area contributed by atoms with Crippen molar-refractivity contribution >= 4 is 17.6 Å². The predicted octanol–water partition coefficient (Wildman–Crippen LogP) is 1.88. The van der Waals surface area contributed by atoms with Crippen molar-refractivity contribution in [1.82, 2.24) is 15.2 Å². The van der Waals surface area contributed by atoms with E-state index in [1.54, 1.807) is 6.08 Å². The van der Waals surface area contributed by atoms with Gasteiger partial charge < -0.3 is 15.3 Å². The molecule has 2 heterocycles. The van der Waals surface area contributed by atoms with Gasteiger partial charge in [-0.3, -0.25) is 4.79 Å². The molecule has 1 aromatic heterocycles. The Morgan fingerprint density at radius 2 is 2.14 bits per heavy atom. The zero-order chi connectivity index (χ0) is 15.7. The molecule has 7 heteroatoms. The molecule has 0 radical (unpaired) electrons. The lowest BCUT2D eigenvalue weighted by Crippen LogP contribution is -2.33. The molecule has 3 rings (SSSR count). The SMILES string of the molecule is O=C(NC1CC1)c1ccc(C2=CCN(C(=O)O)CC2)c(F)n1. The standard InChI is InChI=1S/C15H16FN3O3/c16-13-11(9-5-7-19(8-6-9)15(21)22)3-4-12(18-13)14(20)17-10-1-2-10/h3-5,10H,1-2,6-8H2,(H,17,20)(H,21,22). The summed E-state index contributed by atoms with van der Waals surface area (Å²) in [5.74, 6) is -1.05. The fourth-order valence-corrected chi connectivity index (χ4v) is 2.37. The van der Waals surface area contributed by atoms with Gasteiger partial charge in [-0.05, 0) is 37.0 Å². The average molecular weight is 305 g/mol. The number of hydrogen-bond donors (Lipinski definition) is 2. The Bertz CT molecular complexity index is 655. The molecular formula is C15H16FN3O3. The molecule has 1 aliphatic carbocycles. The Morgan fingerprint density at radius 3 is 2.68 bits per heavy atom. The summed E-state index contributed by atoms with van der Waals surface area (Å²) in [5.41, 5.74) is 1.11. The predicted molar refractivity (Wildman–Crippen MR) is 76.9 cm³/mol. The molecule has 2 amide bonds. The van der Waals surface area contributed by atoms with Crippen LogP contribution < -0.4 is 5.32 Å². The van der Waals surface area contributed by atoms with Crippen molar-refractivity contribution in [3.63, 3.8) is 0 Å². The van der Waals surface area contributed by atoms with Crippen molar-refractivity contribution in [3.05, 3.63) is 35.4 Å². The van der Waals surface area contributed by atoms with Gasteiger partial charge in [0.05, 0.1) is 0 Å². The summed E-state index contributed by atoms with van der Waals surface area (Å²) < 4.78 is 14.1. The number of carboxylic acid groups (broad SMARTS) is 1. The van der Waals surface area contributed by atoms with Crippen molar-refractivity contribution in [1.29, 1.82) is 0 Å². The summed E-state index contributed by atoms with van der Waals surface area (Å²) in [6, 6.07) is 3.23. The maximum absolute atomic E-state index is 14.1. The number of carbonyl (C=O) groups excluding carboxylic acids is 1. The number of halogens is 1. The number of rotatable bonds is 3. The van der Waals surface area contributed by atoms with Gasteiger partial charge in [0.1, 0.15) is 5.69 Å². The van der Waals surface area contributed by atoms with Gasteiger partial charge in [0.15, 0.2) is 0 Å². The minimum atomic E-state index is -0.985. The topological polar surface area (TPSA) is 82.5 Å². The Kier molecular flexibility index (Phi) is 3.79. The van der Waals surface area contributed by atoms with Crippen molar-refractivity contribution in [2.45, 2.75) is 25.3 Å². The third-order valence-electron chi connectivity index (χ3n) is 3.82. The van der Waals surface area contributed by atoms with Gasteiger partial charge in [-0.1, -0.05) is 6.08 Å². The van der Waals surface area contributed by atoms with Crippen molar-refractivity contribution < 1.29 is 19.1 Å². The summed E-state index contributed by atoms with van der Waals surface area (Å²) >= 11 is 0. The quantitative estimate of drug-likeness (QED) is 0.835. The lowest BCUT2D eigenvalue weighted by molar-refractivity contribution is 0.0944. The van der Waals surface area contributed by atoms with Crippen LogP contribution in [0.3, 0.4) is 0 Å². The molecule has 1 saturated carbocycles. The molecule has 116 valence electrons. The molecule has 0 bridgehead atoms. The van der Waals surface area contributed by atoms with E-state index >= 15 is 0 Å². The first-order valence-corrected chi connectivity index (χ1v) is 7.19. The normalized spacial score (nSPS) is 17.9. The monoisotopic (exact) mass is 305 g/mol. The lowest BCUT2D eigenvalue weighted by Gasteiger charge is -2.23. The molecule has 1 aromatic rings. The zero-order valence-corrected chi connectivity index (χ0v) is 11.9. The molecule has 0 saturated heterocycles. The highest BCUT2D eigenvalue weighted by Crippen LogP contribution is 2.24. The Balaban J connectivity index is 1.75. The van der Waals surface area contributed by atoms with Crippen LogP contribution in [-0.2, 0) is 0 Å². The van der Waals surface area contributed by atoms with Crippen LogP contribution in [0.2, 0.25) is 0 Å². The van der Waals surface area contributed by atoms with E-state index in [2.05, 4.69) is 10.3 Å². The molecular weight excluding hydrogens is 289 g/mol. The molecule has 1 fully saturated rings. The molecule has 22 heavy (non-hydrogen) atoms.